The highest BCUT2D eigenvalue weighted by Gasteiger charge is 2.21. The van der Waals surface area contributed by atoms with E-state index >= 15 is 0 Å². The molecule has 3 aromatic rings. The fourth-order valence-electron chi connectivity index (χ4n) is 2.54. The van der Waals surface area contributed by atoms with Crippen molar-refractivity contribution in [2.75, 3.05) is 25.5 Å². The molecule has 0 saturated carbocycles. The van der Waals surface area contributed by atoms with Gasteiger partial charge in [0.2, 0.25) is 5.91 Å². The van der Waals surface area contributed by atoms with Crippen LogP contribution in [0.1, 0.15) is 19.8 Å². The van der Waals surface area contributed by atoms with Gasteiger partial charge >= 0.3 is 0 Å². The maximum atomic E-state index is 12.4. The lowest BCUT2D eigenvalue weighted by atomic mass is 10.3. The Morgan fingerprint density at radius 3 is 2.86 bits per heavy atom. The smallest absolute Gasteiger partial charge is 0.252 e. The normalized spacial score (nSPS) is 11.8. The fraction of sp³-hybridized carbons (Fsp3) is 0.333. The second-order valence-electron chi connectivity index (χ2n) is 5.99. The number of sulfonamides is 1. The van der Waals surface area contributed by atoms with Crippen LogP contribution in [0.2, 0.25) is 0 Å². The Balaban J connectivity index is 1.52. The number of benzene rings is 1. The van der Waals surface area contributed by atoms with Crippen LogP contribution in [-0.4, -0.2) is 43.8 Å². The molecule has 0 aliphatic rings. The molecule has 0 atom stereocenters. The van der Waals surface area contributed by atoms with Gasteiger partial charge < -0.3 is 10.1 Å². The minimum atomic E-state index is -3.48. The van der Waals surface area contributed by atoms with Gasteiger partial charge in [0.25, 0.3) is 10.0 Å². The Morgan fingerprint density at radius 2 is 2.14 bits per heavy atom. The predicted molar refractivity (Wildman–Crippen MR) is 113 cm³/mol. The number of aromatic nitrogens is 1. The van der Waals surface area contributed by atoms with Gasteiger partial charge in [0.1, 0.15) is 9.96 Å². The van der Waals surface area contributed by atoms with E-state index in [4.69, 9.17) is 4.74 Å². The van der Waals surface area contributed by atoms with Gasteiger partial charge in [-0.2, -0.15) is 0 Å². The third-order valence-corrected chi connectivity index (χ3v) is 8.12. The van der Waals surface area contributed by atoms with Crippen LogP contribution in [-0.2, 0) is 14.8 Å². The molecule has 28 heavy (non-hydrogen) atoms. The first kappa shape index (κ1) is 20.7. The molecule has 1 amide bonds. The number of hydrogen-bond donors (Lipinski definition) is 1. The number of carbonyl (C=O) groups is 1. The summed E-state index contributed by atoms with van der Waals surface area (Å²) in [6, 6.07) is 8.88. The molecule has 2 heterocycles. The van der Waals surface area contributed by atoms with E-state index in [-0.39, 0.29) is 18.9 Å². The average Bonchev–Trinajstić information content (AvgIpc) is 3.31. The Labute approximate surface area is 172 Å². The number of rotatable bonds is 9. The van der Waals surface area contributed by atoms with Crippen LogP contribution in [0.15, 0.2) is 39.9 Å². The number of thiazole rings is 1. The van der Waals surface area contributed by atoms with Gasteiger partial charge in [-0.25, -0.2) is 17.7 Å². The standard InChI is InChI=1S/C18H21N3O4S3/c1-3-25-13-8-9-14-15(12-13)27-18(19-14)20-16(22)6-4-10-21(2)28(23,24)17-7-5-11-26-17/h5,7-9,11-12H,3-4,6,10H2,1-2H3,(H,19,20,22). The van der Waals surface area contributed by atoms with Gasteiger partial charge in [-0.3, -0.25) is 4.79 Å². The molecule has 0 bridgehead atoms. The maximum Gasteiger partial charge on any atom is 0.252 e. The van der Waals surface area contributed by atoms with Crippen molar-refractivity contribution in [1.29, 1.82) is 0 Å². The number of hydrogen-bond acceptors (Lipinski definition) is 7. The first-order valence-electron chi connectivity index (χ1n) is 8.73. The second kappa shape index (κ2) is 8.99. The third kappa shape index (κ3) is 4.88. The summed E-state index contributed by atoms with van der Waals surface area (Å²) >= 11 is 2.56. The molecular weight excluding hydrogens is 418 g/mol. The lowest BCUT2D eigenvalue weighted by molar-refractivity contribution is -0.116. The number of nitrogens with zero attached hydrogens (tertiary/aromatic N) is 2. The zero-order valence-corrected chi connectivity index (χ0v) is 18.0. The van der Waals surface area contributed by atoms with E-state index in [2.05, 4.69) is 10.3 Å². The summed E-state index contributed by atoms with van der Waals surface area (Å²) in [6.07, 6.45) is 0.636. The van der Waals surface area contributed by atoms with E-state index in [0.29, 0.717) is 22.4 Å². The van der Waals surface area contributed by atoms with E-state index in [9.17, 15) is 13.2 Å². The SMILES string of the molecule is CCOc1ccc2nc(NC(=O)CCCN(C)S(=O)(=O)c3cccs3)sc2c1. The summed E-state index contributed by atoms with van der Waals surface area (Å²) in [5, 5.41) is 5.03. The minimum absolute atomic E-state index is 0.189. The fourth-order valence-corrected chi connectivity index (χ4v) is 5.86. The van der Waals surface area contributed by atoms with Gasteiger partial charge in [0, 0.05) is 20.0 Å². The quantitative estimate of drug-likeness (QED) is 0.548. The largest absolute Gasteiger partial charge is 0.494 e. The van der Waals surface area contributed by atoms with Gasteiger partial charge in [-0.1, -0.05) is 17.4 Å². The number of amides is 1. The van der Waals surface area contributed by atoms with Crippen LogP contribution in [0, 0.1) is 0 Å². The minimum Gasteiger partial charge on any atom is -0.494 e. The number of thiophene rings is 1. The molecule has 0 radical (unpaired) electrons. The van der Waals surface area contributed by atoms with Crippen LogP contribution in [0.25, 0.3) is 10.2 Å². The first-order chi connectivity index (χ1) is 13.4. The molecule has 0 aliphatic heterocycles. The molecule has 150 valence electrons. The van der Waals surface area contributed by atoms with Gasteiger partial charge in [0.15, 0.2) is 5.13 Å². The van der Waals surface area contributed by atoms with Crippen molar-refractivity contribution in [3.05, 3.63) is 35.7 Å². The van der Waals surface area contributed by atoms with Gasteiger partial charge in [-0.15, -0.1) is 11.3 Å². The van der Waals surface area contributed by atoms with Crippen molar-refractivity contribution in [1.82, 2.24) is 9.29 Å². The van der Waals surface area contributed by atoms with E-state index in [0.717, 1.165) is 16.0 Å². The molecule has 0 aliphatic carbocycles. The van der Waals surface area contributed by atoms with E-state index in [1.807, 2.05) is 25.1 Å². The topological polar surface area (TPSA) is 88.6 Å². The van der Waals surface area contributed by atoms with Crippen molar-refractivity contribution in [3.8, 4) is 5.75 Å². The third-order valence-electron chi connectivity index (χ3n) is 3.95. The number of carbonyl (C=O) groups excluding carboxylic acids is 1. The summed E-state index contributed by atoms with van der Waals surface area (Å²) in [5.74, 6) is 0.581. The highest BCUT2D eigenvalue weighted by Crippen LogP contribution is 2.29. The molecule has 7 nitrogen and oxygen atoms in total. The predicted octanol–water partition coefficient (Wildman–Crippen LogP) is 3.80. The lowest BCUT2D eigenvalue weighted by Crippen LogP contribution is -2.28. The van der Waals surface area contributed by atoms with Crippen molar-refractivity contribution >= 4 is 54.0 Å². The van der Waals surface area contributed by atoms with Crippen LogP contribution in [0.3, 0.4) is 0 Å². The zero-order chi connectivity index (χ0) is 20.1. The highest BCUT2D eigenvalue weighted by atomic mass is 32.2. The Hall–Kier alpha value is -2.01. The van der Waals surface area contributed by atoms with Crippen molar-refractivity contribution in [2.24, 2.45) is 0 Å². The van der Waals surface area contributed by atoms with Crippen LogP contribution in [0.5, 0.6) is 5.75 Å². The van der Waals surface area contributed by atoms with Crippen LogP contribution < -0.4 is 10.1 Å². The molecule has 0 saturated heterocycles. The molecule has 3 rings (SSSR count). The van der Waals surface area contributed by atoms with Gasteiger partial charge in [0.05, 0.1) is 16.8 Å². The molecule has 10 heteroatoms. The monoisotopic (exact) mass is 439 g/mol. The van der Waals surface area contributed by atoms with E-state index in [1.165, 1.54) is 34.0 Å². The summed E-state index contributed by atoms with van der Waals surface area (Å²) in [4.78, 5) is 16.6. The molecule has 1 N–H and O–H groups in total. The maximum absolute atomic E-state index is 12.4. The van der Waals surface area contributed by atoms with Crippen LogP contribution >= 0.6 is 22.7 Å². The number of nitrogens with one attached hydrogen (secondary N) is 1. The molecule has 0 fully saturated rings. The summed E-state index contributed by atoms with van der Waals surface area (Å²) in [6.45, 7) is 2.78. The first-order valence-corrected chi connectivity index (χ1v) is 11.9. The number of ether oxygens (including phenoxy) is 1. The van der Waals surface area contributed by atoms with E-state index in [1.54, 1.807) is 17.5 Å². The Morgan fingerprint density at radius 1 is 1.32 bits per heavy atom. The Kier molecular flexibility index (Phi) is 6.65. The zero-order valence-electron chi connectivity index (χ0n) is 15.5. The van der Waals surface area contributed by atoms with Crippen molar-refractivity contribution in [2.45, 2.75) is 24.0 Å². The summed E-state index contributed by atoms with van der Waals surface area (Å²) < 4.78 is 32.7. The number of fused-ring (bicyclic) bond motifs is 1. The second-order valence-corrected chi connectivity index (χ2v) is 10.2. The molecule has 0 spiro atoms. The summed E-state index contributed by atoms with van der Waals surface area (Å²) in [7, 11) is -1.96. The summed E-state index contributed by atoms with van der Waals surface area (Å²) in [5.41, 5.74) is 0.797. The van der Waals surface area contributed by atoms with Crippen molar-refractivity contribution < 1.29 is 17.9 Å². The Bertz CT molecular complexity index is 1050. The molecule has 1 aromatic carbocycles. The average molecular weight is 440 g/mol. The number of anilines is 1. The van der Waals surface area contributed by atoms with Crippen LogP contribution in [0.4, 0.5) is 5.13 Å². The molecular formula is C18H21N3O4S3. The lowest BCUT2D eigenvalue weighted by Gasteiger charge is -2.15. The highest BCUT2D eigenvalue weighted by molar-refractivity contribution is 7.91. The molecule has 2 aromatic heterocycles. The van der Waals surface area contributed by atoms with Gasteiger partial charge in [-0.05, 0) is 43.0 Å². The molecule has 0 unspecified atom stereocenters. The van der Waals surface area contributed by atoms with Crippen molar-refractivity contribution in [3.63, 3.8) is 0 Å². The van der Waals surface area contributed by atoms with E-state index < -0.39 is 10.0 Å².